The van der Waals surface area contributed by atoms with Crippen LogP contribution in [0, 0.1) is 47.9 Å². The van der Waals surface area contributed by atoms with Gasteiger partial charge in [0, 0.05) is 23.3 Å². The van der Waals surface area contributed by atoms with E-state index in [1.807, 2.05) is 0 Å². The Balaban J connectivity index is 1.70. The van der Waals surface area contributed by atoms with Crippen LogP contribution in [0.3, 0.4) is 0 Å². The normalized spacial score (nSPS) is 11.4. The summed E-state index contributed by atoms with van der Waals surface area (Å²) in [5.74, 6) is 18.9. The molecule has 0 saturated heterocycles. The van der Waals surface area contributed by atoms with Crippen molar-refractivity contribution in [1.82, 2.24) is 4.98 Å². The summed E-state index contributed by atoms with van der Waals surface area (Å²) in [7, 11) is -17.0. The summed E-state index contributed by atoms with van der Waals surface area (Å²) in [5, 5.41) is 0. The average molecular weight is 956 g/mol. The molecule has 3 aromatic carbocycles. The zero-order valence-corrected chi connectivity index (χ0v) is 37.0. The zero-order valence-electron chi connectivity index (χ0n) is 33.8. The van der Waals surface area contributed by atoms with Gasteiger partial charge in [-0.05, 0) is 92.1 Å². The predicted molar refractivity (Wildman–Crippen MR) is 236 cm³/mol. The van der Waals surface area contributed by atoms with Crippen LogP contribution >= 0.6 is 0 Å². The Morgan fingerprint density at radius 3 is 1.28 bits per heavy atom. The van der Waals surface area contributed by atoms with Crippen molar-refractivity contribution in [3.8, 4) is 70.9 Å². The fourth-order valence-electron chi connectivity index (χ4n) is 5.14. The van der Waals surface area contributed by atoms with Crippen LogP contribution < -0.4 is 18.9 Å². The van der Waals surface area contributed by atoms with Gasteiger partial charge in [0.25, 0.3) is 40.5 Å². The molecule has 0 amide bonds. The standard InChI is InChI=1S/C43H41NO16S4/c1-2-33-10-12-34(13-11-33)14-15-36-31-43(60-25-7-29-64(54,55)56)37(32-42(36)59-24-6-28-63(51,52)53)17-19-39-9-3-8-38(44-39)18-16-35-30-40(57-22-4-26-61(45,46)47)20-21-41(35)58-23-5-27-62(48,49)50/h1,3,8-13,20-21,30-32H,4-7,22-29H2,(H,45,46,47)(H,48,49,50)(H,51,52,53)(H,54,55,56). The van der Waals surface area contributed by atoms with Crippen molar-refractivity contribution in [2.45, 2.75) is 25.7 Å². The highest BCUT2D eigenvalue weighted by molar-refractivity contribution is 7.86. The minimum absolute atomic E-state index is 0.000119. The zero-order chi connectivity index (χ0) is 46.8. The molecule has 0 atom stereocenters. The van der Waals surface area contributed by atoms with Gasteiger partial charge in [0.15, 0.2) is 0 Å². The molecule has 4 aromatic rings. The molecular formula is C43H41NO16S4. The van der Waals surface area contributed by atoms with Crippen LogP contribution in [0.5, 0.6) is 23.0 Å². The van der Waals surface area contributed by atoms with Crippen LogP contribution in [0.15, 0.2) is 72.8 Å². The highest BCUT2D eigenvalue weighted by Gasteiger charge is 2.14. The Bertz CT molecular complexity index is 2980. The molecule has 0 unspecified atom stereocenters. The first-order valence-electron chi connectivity index (χ1n) is 18.9. The topological polar surface area (TPSA) is 267 Å². The van der Waals surface area contributed by atoms with Gasteiger partial charge in [0.05, 0.1) is 66.1 Å². The van der Waals surface area contributed by atoms with E-state index in [9.17, 15) is 42.8 Å². The summed E-state index contributed by atoms with van der Waals surface area (Å²) < 4.78 is 150. The molecule has 0 aliphatic heterocycles. The number of nitrogens with zero attached hydrogens (tertiary/aromatic N) is 1. The molecule has 21 heteroatoms. The number of ether oxygens (including phenoxy) is 4. The summed E-state index contributed by atoms with van der Waals surface area (Å²) in [4.78, 5) is 4.50. The van der Waals surface area contributed by atoms with Gasteiger partial charge in [0.1, 0.15) is 34.4 Å². The van der Waals surface area contributed by atoms with Gasteiger partial charge in [-0.3, -0.25) is 18.2 Å². The third kappa shape index (κ3) is 19.9. The highest BCUT2D eigenvalue weighted by Crippen LogP contribution is 2.29. The van der Waals surface area contributed by atoms with Crippen molar-refractivity contribution in [2.24, 2.45) is 0 Å². The second-order valence-electron chi connectivity index (χ2n) is 13.3. The number of terminal acetylenes is 1. The molecule has 1 aromatic heterocycles. The van der Waals surface area contributed by atoms with Crippen LogP contribution in [0.2, 0.25) is 0 Å². The quantitative estimate of drug-likeness (QED) is 0.0556. The van der Waals surface area contributed by atoms with Gasteiger partial charge in [-0.1, -0.05) is 35.7 Å². The number of pyridine rings is 1. The molecule has 0 aliphatic rings. The maximum absolute atomic E-state index is 11.4. The van der Waals surface area contributed by atoms with E-state index in [-0.39, 0.29) is 103 Å². The lowest BCUT2D eigenvalue weighted by molar-refractivity contribution is 0.306. The van der Waals surface area contributed by atoms with Crippen LogP contribution in [-0.2, 0) is 40.5 Å². The van der Waals surface area contributed by atoms with Gasteiger partial charge in [0.2, 0.25) is 0 Å². The van der Waals surface area contributed by atoms with Crippen LogP contribution in [0.1, 0.15) is 64.9 Å². The second-order valence-corrected chi connectivity index (χ2v) is 19.6. The van der Waals surface area contributed by atoms with Crippen molar-refractivity contribution in [2.75, 3.05) is 49.4 Å². The van der Waals surface area contributed by atoms with E-state index >= 15 is 0 Å². The average Bonchev–Trinajstić information content (AvgIpc) is 3.21. The third-order valence-corrected chi connectivity index (χ3v) is 11.3. The minimum Gasteiger partial charge on any atom is -0.494 e. The van der Waals surface area contributed by atoms with Crippen LogP contribution in [0.25, 0.3) is 0 Å². The minimum atomic E-state index is -4.28. The fraction of sp³-hybridized carbons (Fsp3) is 0.279. The lowest BCUT2D eigenvalue weighted by Crippen LogP contribution is -2.10. The van der Waals surface area contributed by atoms with Crippen molar-refractivity contribution >= 4 is 40.5 Å². The summed E-state index contributed by atoms with van der Waals surface area (Å²) in [5.41, 5.74) is 2.51. The van der Waals surface area contributed by atoms with Crippen molar-refractivity contribution < 1.29 is 70.8 Å². The van der Waals surface area contributed by atoms with E-state index in [0.717, 1.165) is 0 Å². The lowest BCUT2D eigenvalue weighted by Gasteiger charge is -2.13. The maximum Gasteiger partial charge on any atom is 0.264 e. The van der Waals surface area contributed by atoms with Gasteiger partial charge in [-0.2, -0.15) is 33.7 Å². The Labute approximate surface area is 372 Å². The van der Waals surface area contributed by atoms with Gasteiger partial charge in [-0.15, -0.1) is 6.42 Å². The van der Waals surface area contributed by atoms with E-state index in [4.69, 9.17) is 34.5 Å². The lowest BCUT2D eigenvalue weighted by atomic mass is 10.1. The first-order valence-corrected chi connectivity index (χ1v) is 25.3. The molecule has 0 fully saturated rings. The van der Waals surface area contributed by atoms with E-state index < -0.39 is 63.5 Å². The smallest absolute Gasteiger partial charge is 0.264 e. The van der Waals surface area contributed by atoms with E-state index in [2.05, 4.69) is 46.4 Å². The molecule has 0 radical (unpaired) electrons. The number of rotatable bonds is 20. The first kappa shape index (κ1) is 50.5. The number of hydrogen-bond donors (Lipinski definition) is 4. The largest absolute Gasteiger partial charge is 0.494 e. The monoisotopic (exact) mass is 955 g/mol. The molecule has 0 saturated carbocycles. The molecule has 0 bridgehead atoms. The summed E-state index contributed by atoms with van der Waals surface area (Å²) in [6.45, 7) is -0.448. The highest BCUT2D eigenvalue weighted by atomic mass is 32.2. The predicted octanol–water partition coefficient (Wildman–Crippen LogP) is 3.89. The number of benzene rings is 3. The molecule has 4 rings (SSSR count). The molecular weight excluding hydrogens is 915 g/mol. The number of hydrogen-bond acceptors (Lipinski definition) is 13. The molecule has 1 heterocycles. The molecule has 4 N–H and O–H groups in total. The van der Waals surface area contributed by atoms with Gasteiger partial charge >= 0.3 is 0 Å². The SMILES string of the molecule is C#Cc1ccc(C#Cc2cc(OCCCS(=O)(=O)O)c(C#Cc3cccc(C#Cc4cc(OCCCS(=O)(=O)O)ccc4OCCCS(=O)(=O)O)n3)cc2OCCCS(=O)(=O)O)cc1. The second kappa shape index (κ2) is 23.5. The van der Waals surface area contributed by atoms with Crippen LogP contribution in [-0.4, -0.2) is 106 Å². The summed E-state index contributed by atoms with van der Waals surface area (Å²) >= 11 is 0. The van der Waals surface area contributed by atoms with Crippen molar-refractivity contribution in [1.29, 1.82) is 0 Å². The van der Waals surface area contributed by atoms with Crippen molar-refractivity contribution in [3.05, 3.63) is 112 Å². The summed E-state index contributed by atoms with van der Waals surface area (Å²) in [6, 6.07) is 19.2. The molecule has 0 spiro atoms. The van der Waals surface area contributed by atoms with Crippen molar-refractivity contribution in [3.63, 3.8) is 0 Å². The molecule has 64 heavy (non-hydrogen) atoms. The molecule has 338 valence electrons. The molecule has 0 aliphatic carbocycles. The Morgan fingerprint density at radius 1 is 0.453 bits per heavy atom. The van der Waals surface area contributed by atoms with E-state index in [1.165, 1.54) is 30.3 Å². The third-order valence-electron chi connectivity index (χ3n) is 8.05. The fourth-order valence-corrected chi connectivity index (χ4v) is 7.07. The Kier molecular flexibility index (Phi) is 18.6. The number of aromatic nitrogens is 1. The van der Waals surface area contributed by atoms with Crippen LogP contribution in [0.4, 0.5) is 0 Å². The Hall–Kier alpha value is -6.11. The van der Waals surface area contributed by atoms with Gasteiger partial charge in [-0.25, -0.2) is 4.98 Å². The summed E-state index contributed by atoms with van der Waals surface area (Å²) in [6.07, 6.45) is 5.28. The van der Waals surface area contributed by atoms with E-state index in [1.54, 1.807) is 42.5 Å². The van der Waals surface area contributed by atoms with Gasteiger partial charge < -0.3 is 18.9 Å². The Morgan fingerprint density at radius 2 is 0.844 bits per heavy atom. The maximum atomic E-state index is 11.4. The van der Waals surface area contributed by atoms with E-state index in [0.29, 0.717) is 11.1 Å². The molecule has 17 nitrogen and oxygen atoms in total. The first-order chi connectivity index (χ1) is 30.1.